The monoisotopic (exact) mass is 444 g/mol. The zero-order chi connectivity index (χ0) is 22.5. The standard InChI is InChI=1S/C19H13ClN4O7/c1-30-18-8-11(19(25)22-13-6-7-21-10-15(13)24(28)29)2-4-17(18)31-16-5-3-12(20)9-14(16)23(26)27/h2-10H,1H3,(H,21,22,25). The predicted octanol–water partition coefficient (Wildman–Crippen LogP) is 4.60. The van der Waals surface area contributed by atoms with Crippen LogP contribution < -0.4 is 14.8 Å². The lowest BCUT2D eigenvalue weighted by atomic mass is 10.1. The molecule has 31 heavy (non-hydrogen) atoms. The van der Waals surface area contributed by atoms with Crippen molar-refractivity contribution in [2.45, 2.75) is 0 Å². The summed E-state index contributed by atoms with van der Waals surface area (Å²) in [7, 11) is 1.33. The topological polar surface area (TPSA) is 147 Å². The van der Waals surface area contributed by atoms with Crippen molar-refractivity contribution in [3.05, 3.63) is 85.7 Å². The first kappa shape index (κ1) is 21.5. The number of benzene rings is 2. The van der Waals surface area contributed by atoms with Gasteiger partial charge in [0.25, 0.3) is 5.91 Å². The summed E-state index contributed by atoms with van der Waals surface area (Å²) in [5.41, 5.74) is -0.624. The molecule has 0 saturated heterocycles. The van der Waals surface area contributed by atoms with Crippen molar-refractivity contribution in [3.63, 3.8) is 0 Å². The number of nitrogens with one attached hydrogen (secondary N) is 1. The molecule has 3 rings (SSSR count). The minimum absolute atomic E-state index is 0.0268. The molecule has 0 aliphatic heterocycles. The van der Waals surface area contributed by atoms with Gasteiger partial charge in [0.05, 0.1) is 17.0 Å². The fourth-order valence-corrected chi connectivity index (χ4v) is 2.73. The van der Waals surface area contributed by atoms with Crippen LogP contribution in [0.3, 0.4) is 0 Å². The summed E-state index contributed by atoms with van der Waals surface area (Å²) in [4.78, 5) is 37.2. The number of nitro benzene ring substituents is 1. The van der Waals surface area contributed by atoms with Crippen molar-refractivity contribution in [2.75, 3.05) is 12.4 Å². The summed E-state index contributed by atoms with van der Waals surface area (Å²) in [5.74, 6) is -0.491. The van der Waals surface area contributed by atoms with Crippen LogP contribution in [0.15, 0.2) is 54.9 Å². The molecule has 1 aromatic heterocycles. The number of ether oxygens (including phenoxy) is 2. The summed E-state index contributed by atoms with van der Waals surface area (Å²) in [6.45, 7) is 0. The lowest BCUT2D eigenvalue weighted by Crippen LogP contribution is -2.13. The van der Waals surface area contributed by atoms with E-state index in [2.05, 4.69) is 10.3 Å². The second-order valence-corrected chi connectivity index (χ2v) is 6.38. The van der Waals surface area contributed by atoms with E-state index in [4.69, 9.17) is 21.1 Å². The molecule has 1 N–H and O–H groups in total. The summed E-state index contributed by atoms with van der Waals surface area (Å²) in [6, 6.07) is 9.30. The molecule has 2 aromatic carbocycles. The van der Waals surface area contributed by atoms with Gasteiger partial charge in [0.1, 0.15) is 11.9 Å². The fraction of sp³-hybridized carbons (Fsp3) is 0.0526. The van der Waals surface area contributed by atoms with Crippen LogP contribution in [0.25, 0.3) is 0 Å². The highest BCUT2D eigenvalue weighted by Crippen LogP contribution is 2.38. The SMILES string of the molecule is COc1cc(C(=O)Nc2ccncc2[N+](=O)[O-])ccc1Oc1ccc(Cl)cc1[N+](=O)[O-]. The van der Waals surface area contributed by atoms with Gasteiger partial charge < -0.3 is 14.8 Å². The van der Waals surface area contributed by atoms with Crippen LogP contribution in [0.1, 0.15) is 10.4 Å². The third kappa shape index (κ3) is 4.85. The molecule has 0 bridgehead atoms. The van der Waals surface area contributed by atoms with E-state index >= 15 is 0 Å². The molecule has 0 fully saturated rings. The minimum Gasteiger partial charge on any atom is -0.493 e. The molecule has 158 valence electrons. The normalized spacial score (nSPS) is 10.3. The molecule has 11 nitrogen and oxygen atoms in total. The fourth-order valence-electron chi connectivity index (χ4n) is 2.56. The van der Waals surface area contributed by atoms with Gasteiger partial charge >= 0.3 is 11.4 Å². The first-order valence-corrected chi connectivity index (χ1v) is 8.87. The van der Waals surface area contributed by atoms with Crippen LogP contribution in [-0.2, 0) is 0 Å². The van der Waals surface area contributed by atoms with E-state index in [1.807, 2.05) is 0 Å². The number of carbonyl (C=O) groups excluding carboxylic acids is 1. The van der Waals surface area contributed by atoms with Gasteiger partial charge in [0.15, 0.2) is 11.5 Å². The first-order valence-electron chi connectivity index (χ1n) is 8.49. The number of hydrogen-bond acceptors (Lipinski definition) is 8. The van der Waals surface area contributed by atoms with Gasteiger partial charge in [-0.3, -0.25) is 30.0 Å². The Balaban J connectivity index is 1.88. The highest BCUT2D eigenvalue weighted by atomic mass is 35.5. The van der Waals surface area contributed by atoms with E-state index in [-0.39, 0.29) is 44.9 Å². The third-order valence-corrected chi connectivity index (χ3v) is 4.24. The molecular weight excluding hydrogens is 432 g/mol. The lowest BCUT2D eigenvalue weighted by molar-refractivity contribution is -0.385. The number of aromatic nitrogens is 1. The smallest absolute Gasteiger partial charge is 0.313 e. The molecule has 0 atom stereocenters. The Bertz CT molecular complexity index is 1190. The van der Waals surface area contributed by atoms with E-state index in [1.54, 1.807) is 0 Å². The largest absolute Gasteiger partial charge is 0.493 e. The number of carbonyl (C=O) groups is 1. The molecular formula is C19H13ClN4O7. The minimum atomic E-state index is -0.668. The van der Waals surface area contributed by atoms with Crippen molar-refractivity contribution in [1.82, 2.24) is 4.98 Å². The Morgan fingerprint density at radius 1 is 1.00 bits per heavy atom. The number of hydrogen-bond donors (Lipinski definition) is 1. The average Bonchev–Trinajstić information content (AvgIpc) is 2.75. The maximum Gasteiger partial charge on any atom is 0.313 e. The predicted molar refractivity (Wildman–Crippen MR) is 110 cm³/mol. The molecule has 0 saturated carbocycles. The number of anilines is 1. The number of nitrogens with zero attached hydrogens (tertiary/aromatic N) is 3. The van der Waals surface area contributed by atoms with Crippen LogP contribution >= 0.6 is 11.6 Å². The summed E-state index contributed by atoms with van der Waals surface area (Å²) >= 11 is 5.80. The van der Waals surface area contributed by atoms with Crippen molar-refractivity contribution in [3.8, 4) is 17.2 Å². The van der Waals surface area contributed by atoms with Crippen LogP contribution in [-0.4, -0.2) is 27.8 Å². The lowest BCUT2D eigenvalue weighted by Gasteiger charge is -2.12. The van der Waals surface area contributed by atoms with Gasteiger partial charge in [-0.1, -0.05) is 11.6 Å². The molecule has 3 aromatic rings. The summed E-state index contributed by atoms with van der Waals surface area (Å²) in [6.07, 6.45) is 2.32. The molecule has 0 aliphatic carbocycles. The maximum absolute atomic E-state index is 12.6. The Labute approximate surface area is 179 Å². The van der Waals surface area contributed by atoms with Crippen molar-refractivity contribution < 1.29 is 24.1 Å². The highest BCUT2D eigenvalue weighted by Gasteiger charge is 2.20. The Kier molecular flexibility index (Phi) is 6.26. The zero-order valence-electron chi connectivity index (χ0n) is 15.8. The second-order valence-electron chi connectivity index (χ2n) is 5.94. The summed E-state index contributed by atoms with van der Waals surface area (Å²) < 4.78 is 10.8. The van der Waals surface area contributed by atoms with E-state index in [0.717, 1.165) is 12.3 Å². The number of pyridine rings is 1. The maximum atomic E-state index is 12.6. The number of halogens is 1. The number of nitro groups is 2. The molecule has 12 heteroatoms. The van der Waals surface area contributed by atoms with Crippen LogP contribution in [0.2, 0.25) is 5.02 Å². The van der Waals surface area contributed by atoms with E-state index in [9.17, 15) is 25.0 Å². The molecule has 1 amide bonds. The Morgan fingerprint density at radius 3 is 2.39 bits per heavy atom. The van der Waals surface area contributed by atoms with Crippen molar-refractivity contribution >= 4 is 34.6 Å². The Hall–Kier alpha value is -4.25. The second kappa shape index (κ2) is 9.05. The number of amides is 1. The van der Waals surface area contributed by atoms with Gasteiger partial charge in [-0.25, -0.2) is 0 Å². The molecule has 0 unspecified atom stereocenters. The van der Waals surface area contributed by atoms with Crippen LogP contribution in [0, 0.1) is 20.2 Å². The zero-order valence-corrected chi connectivity index (χ0v) is 16.5. The van der Waals surface area contributed by atoms with Gasteiger partial charge in [0, 0.05) is 22.8 Å². The molecule has 0 spiro atoms. The van der Waals surface area contributed by atoms with Crippen molar-refractivity contribution in [2.24, 2.45) is 0 Å². The van der Waals surface area contributed by atoms with Gasteiger partial charge in [-0.05, 0) is 36.4 Å². The Morgan fingerprint density at radius 2 is 1.71 bits per heavy atom. The molecule has 0 aliphatic rings. The van der Waals surface area contributed by atoms with E-state index < -0.39 is 15.8 Å². The van der Waals surface area contributed by atoms with Crippen LogP contribution in [0.4, 0.5) is 17.1 Å². The average molecular weight is 445 g/mol. The molecule has 1 heterocycles. The van der Waals surface area contributed by atoms with Gasteiger partial charge in [-0.15, -0.1) is 0 Å². The van der Waals surface area contributed by atoms with Gasteiger partial charge in [-0.2, -0.15) is 0 Å². The number of rotatable bonds is 7. The molecule has 0 radical (unpaired) electrons. The van der Waals surface area contributed by atoms with Crippen molar-refractivity contribution in [1.29, 1.82) is 0 Å². The van der Waals surface area contributed by atoms with Crippen LogP contribution in [0.5, 0.6) is 17.2 Å². The number of methoxy groups -OCH3 is 1. The first-order chi connectivity index (χ1) is 14.8. The van der Waals surface area contributed by atoms with E-state index in [1.165, 1.54) is 49.7 Å². The quantitative estimate of drug-likeness (QED) is 0.410. The van der Waals surface area contributed by atoms with Gasteiger partial charge in [0.2, 0.25) is 5.75 Å². The van der Waals surface area contributed by atoms with E-state index in [0.29, 0.717) is 0 Å². The highest BCUT2D eigenvalue weighted by molar-refractivity contribution is 6.30. The summed E-state index contributed by atoms with van der Waals surface area (Å²) in [5, 5.41) is 24.9. The third-order valence-electron chi connectivity index (χ3n) is 4.01.